The van der Waals surface area contributed by atoms with Gasteiger partial charge < -0.3 is 20.1 Å². The average Bonchev–Trinajstić information content (AvgIpc) is 2.39. The molecule has 0 aromatic heterocycles. The number of nitrogen functional groups attached to an aromatic ring is 1. The first kappa shape index (κ1) is 14.3. The Hall–Kier alpha value is -1.75. The molecule has 0 atom stereocenters. The lowest BCUT2D eigenvalue weighted by molar-refractivity contribution is 0.0703. The molecule has 0 radical (unpaired) electrons. The van der Waals surface area contributed by atoms with E-state index in [1.165, 1.54) is 7.11 Å². The summed E-state index contributed by atoms with van der Waals surface area (Å²) in [5, 5.41) is 0. The van der Waals surface area contributed by atoms with Crippen molar-refractivity contribution in [2.75, 3.05) is 39.6 Å². The molecule has 0 saturated heterocycles. The largest absolute Gasteiger partial charge is 0.494 e. The normalized spacial score (nSPS) is 10.2. The van der Waals surface area contributed by atoms with E-state index in [1.807, 2.05) is 6.92 Å². The molecule has 2 N–H and O–H groups in total. The average molecular weight is 252 g/mol. The van der Waals surface area contributed by atoms with E-state index in [2.05, 4.69) is 0 Å². The van der Waals surface area contributed by atoms with Crippen LogP contribution in [0.2, 0.25) is 0 Å². The van der Waals surface area contributed by atoms with Crippen molar-refractivity contribution >= 4 is 11.6 Å². The Morgan fingerprint density at radius 1 is 1.39 bits per heavy atom. The van der Waals surface area contributed by atoms with Crippen molar-refractivity contribution in [3.63, 3.8) is 0 Å². The molecular formula is C13H20N2O3. The number of nitrogens with zero attached hydrogens (tertiary/aromatic N) is 1. The van der Waals surface area contributed by atoms with E-state index in [0.717, 1.165) is 0 Å². The van der Waals surface area contributed by atoms with E-state index in [9.17, 15) is 4.79 Å². The maximum absolute atomic E-state index is 12.3. The van der Waals surface area contributed by atoms with Gasteiger partial charge in [0.05, 0.1) is 25.0 Å². The van der Waals surface area contributed by atoms with Crippen LogP contribution in [0.25, 0.3) is 0 Å². The number of methoxy groups -OCH3 is 2. The summed E-state index contributed by atoms with van der Waals surface area (Å²) in [5.74, 6) is 0.331. The Kier molecular flexibility index (Phi) is 5.45. The van der Waals surface area contributed by atoms with Crippen molar-refractivity contribution in [3.05, 3.63) is 23.8 Å². The Labute approximate surface area is 107 Å². The van der Waals surface area contributed by atoms with Crippen LogP contribution < -0.4 is 10.5 Å². The molecule has 0 bridgehead atoms. The number of carbonyl (C=O) groups is 1. The number of para-hydroxylation sites is 1. The lowest BCUT2D eigenvalue weighted by Crippen LogP contribution is -2.34. The number of hydrogen-bond donors (Lipinski definition) is 1. The second-order valence-corrected chi connectivity index (χ2v) is 3.81. The molecule has 0 aliphatic heterocycles. The van der Waals surface area contributed by atoms with Gasteiger partial charge in [-0.3, -0.25) is 4.79 Å². The summed E-state index contributed by atoms with van der Waals surface area (Å²) in [6, 6.07) is 5.17. The van der Waals surface area contributed by atoms with Crippen LogP contribution in [0.5, 0.6) is 5.75 Å². The molecule has 1 amide bonds. The molecule has 1 aromatic carbocycles. The molecular weight excluding hydrogens is 232 g/mol. The van der Waals surface area contributed by atoms with E-state index in [-0.39, 0.29) is 5.91 Å². The van der Waals surface area contributed by atoms with Crippen LogP contribution in [-0.4, -0.2) is 44.7 Å². The number of likely N-dealkylation sites (N-methyl/N-ethyl adjacent to an activating group) is 1. The molecule has 5 heteroatoms. The predicted molar refractivity (Wildman–Crippen MR) is 70.9 cm³/mol. The zero-order valence-electron chi connectivity index (χ0n) is 11.1. The van der Waals surface area contributed by atoms with E-state index in [4.69, 9.17) is 15.2 Å². The van der Waals surface area contributed by atoms with Gasteiger partial charge in [-0.15, -0.1) is 0 Å². The highest BCUT2D eigenvalue weighted by atomic mass is 16.5. The van der Waals surface area contributed by atoms with Crippen LogP contribution >= 0.6 is 0 Å². The number of ether oxygens (including phenoxy) is 2. The molecule has 1 aromatic rings. The van der Waals surface area contributed by atoms with Crippen LogP contribution in [0.15, 0.2) is 18.2 Å². The van der Waals surface area contributed by atoms with Crippen molar-refractivity contribution in [2.45, 2.75) is 6.92 Å². The minimum Gasteiger partial charge on any atom is -0.494 e. The zero-order chi connectivity index (χ0) is 13.5. The van der Waals surface area contributed by atoms with E-state index in [0.29, 0.717) is 36.7 Å². The molecule has 1 rings (SSSR count). The fourth-order valence-electron chi connectivity index (χ4n) is 1.73. The molecule has 5 nitrogen and oxygen atoms in total. The molecule has 18 heavy (non-hydrogen) atoms. The van der Waals surface area contributed by atoms with E-state index in [1.54, 1.807) is 30.2 Å². The van der Waals surface area contributed by atoms with Gasteiger partial charge in [0.1, 0.15) is 0 Å². The molecule has 100 valence electrons. The third-order valence-corrected chi connectivity index (χ3v) is 2.71. The topological polar surface area (TPSA) is 64.8 Å². The number of anilines is 1. The first-order valence-electron chi connectivity index (χ1n) is 5.86. The predicted octanol–water partition coefficient (Wildman–Crippen LogP) is 1.39. The molecule has 0 unspecified atom stereocenters. The second-order valence-electron chi connectivity index (χ2n) is 3.81. The summed E-state index contributed by atoms with van der Waals surface area (Å²) in [7, 11) is 3.12. The van der Waals surface area contributed by atoms with Crippen LogP contribution in [-0.2, 0) is 4.74 Å². The number of carbonyl (C=O) groups excluding carboxylic acids is 1. The van der Waals surface area contributed by atoms with Crippen LogP contribution in [0.4, 0.5) is 5.69 Å². The number of hydrogen-bond acceptors (Lipinski definition) is 4. The summed E-state index contributed by atoms with van der Waals surface area (Å²) in [4.78, 5) is 14.0. The van der Waals surface area contributed by atoms with Gasteiger partial charge in [-0.2, -0.15) is 0 Å². The highest BCUT2D eigenvalue weighted by molar-refractivity contribution is 5.98. The SMILES string of the molecule is CCN(CCOC)C(=O)c1cccc(N)c1OC. The van der Waals surface area contributed by atoms with Gasteiger partial charge in [-0.1, -0.05) is 6.07 Å². The molecule has 0 saturated carbocycles. The number of amides is 1. The maximum Gasteiger partial charge on any atom is 0.257 e. The Morgan fingerprint density at radius 2 is 2.11 bits per heavy atom. The van der Waals surface area contributed by atoms with Crippen molar-refractivity contribution < 1.29 is 14.3 Å². The lowest BCUT2D eigenvalue weighted by Gasteiger charge is -2.22. The third-order valence-electron chi connectivity index (χ3n) is 2.71. The van der Waals surface area contributed by atoms with Crippen molar-refractivity contribution in [1.29, 1.82) is 0 Å². The number of benzene rings is 1. The minimum atomic E-state index is -0.0984. The van der Waals surface area contributed by atoms with Crippen molar-refractivity contribution in [3.8, 4) is 5.75 Å². The van der Waals surface area contributed by atoms with Gasteiger partial charge in [0, 0.05) is 20.2 Å². The third kappa shape index (κ3) is 3.13. The van der Waals surface area contributed by atoms with Gasteiger partial charge in [-0.05, 0) is 19.1 Å². The van der Waals surface area contributed by atoms with Gasteiger partial charge in [0.15, 0.2) is 5.75 Å². The number of nitrogens with two attached hydrogens (primary N) is 1. The molecule has 0 fully saturated rings. The lowest BCUT2D eigenvalue weighted by atomic mass is 10.1. The summed E-state index contributed by atoms with van der Waals surface area (Å²) < 4.78 is 10.2. The molecule has 0 aliphatic rings. The molecule has 0 spiro atoms. The van der Waals surface area contributed by atoms with Crippen LogP contribution in [0.3, 0.4) is 0 Å². The number of rotatable bonds is 6. The first-order chi connectivity index (χ1) is 8.65. The van der Waals surface area contributed by atoms with Crippen LogP contribution in [0, 0.1) is 0 Å². The molecule has 0 heterocycles. The summed E-state index contributed by atoms with van der Waals surface area (Å²) in [5.41, 5.74) is 6.74. The minimum absolute atomic E-state index is 0.0984. The zero-order valence-corrected chi connectivity index (χ0v) is 11.1. The van der Waals surface area contributed by atoms with Crippen molar-refractivity contribution in [1.82, 2.24) is 4.90 Å². The summed E-state index contributed by atoms with van der Waals surface area (Å²) in [6.07, 6.45) is 0. The van der Waals surface area contributed by atoms with Gasteiger partial charge >= 0.3 is 0 Å². The fraction of sp³-hybridized carbons (Fsp3) is 0.462. The quantitative estimate of drug-likeness (QED) is 0.777. The Morgan fingerprint density at radius 3 is 2.67 bits per heavy atom. The van der Waals surface area contributed by atoms with Crippen molar-refractivity contribution in [2.24, 2.45) is 0 Å². The maximum atomic E-state index is 12.3. The second kappa shape index (κ2) is 6.86. The Balaban J connectivity index is 2.97. The van der Waals surface area contributed by atoms with E-state index < -0.39 is 0 Å². The van der Waals surface area contributed by atoms with Crippen LogP contribution in [0.1, 0.15) is 17.3 Å². The van der Waals surface area contributed by atoms with Gasteiger partial charge in [0.25, 0.3) is 5.91 Å². The van der Waals surface area contributed by atoms with E-state index >= 15 is 0 Å². The summed E-state index contributed by atoms with van der Waals surface area (Å²) >= 11 is 0. The van der Waals surface area contributed by atoms with Gasteiger partial charge in [-0.25, -0.2) is 0 Å². The first-order valence-corrected chi connectivity index (χ1v) is 5.86. The highest BCUT2D eigenvalue weighted by Gasteiger charge is 2.19. The highest BCUT2D eigenvalue weighted by Crippen LogP contribution is 2.26. The monoisotopic (exact) mass is 252 g/mol. The molecule has 0 aliphatic carbocycles. The fourth-order valence-corrected chi connectivity index (χ4v) is 1.73. The smallest absolute Gasteiger partial charge is 0.257 e. The van der Waals surface area contributed by atoms with Gasteiger partial charge in [0.2, 0.25) is 0 Å². The summed E-state index contributed by atoms with van der Waals surface area (Å²) in [6.45, 7) is 3.58. The standard InChI is InChI=1S/C13H20N2O3/c1-4-15(8-9-17-2)13(16)10-6-5-7-11(14)12(10)18-3/h5-7H,4,8-9,14H2,1-3H3. The Bertz CT molecular complexity index is 407.